The molecular formula is C19H23FN2O2. The van der Waals surface area contributed by atoms with Gasteiger partial charge in [-0.15, -0.1) is 0 Å². The molecule has 0 aliphatic carbocycles. The number of H-pyrrole nitrogens is 1. The van der Waals surface area contributed by atoms with Gasteiger partial charge in [0.05, 0.1) is 0 Å². The van der Waals surface area contributed by atoms with E-state index in [4.69, 9.17) is 4.74 Å². The van der Waals surface area contributed by atoms with Crippen LogP contribution in [0.1, 0.15) is 37.3 Å². The number of carbonyl (C=O) groups is 1. The van der Waals surface area contributed by atoms with Crippen LogP contribution in [0, 0.1) is 11.7 Å². The first kappa shape index (κ1) is 15.6. The Kier molecular flexibility index (Phi) is 4.27. The lowest BCUT2D eigenvalue weighted by Crippen LogP contribution is -2.42. The average Bonchev–Trinajstić information content (AvgIpc) is 3.05. The lowest BCUT2D eigenvalue weighted by Gasteiger charge is -2.35. The van der Waals surface area contributed by atoms with E-state index < -0.39 is 0 Å². The first-order valence-electron chi connectivity index (χ1n) is 8.85. The average molecular weight is 330 g/mol. The van der Waals surface area contributed by atoms with E-state index in [1.54, 1.807) is 12.1 Å². The fourth-order valence-electron chi connectivity index (χ4n) is 3.96. The second-order valence-corrected chi connectivity index (χ2v) is 6.94. The maximum atomic E-state index is 13.3. The number of ether oxygens (including phenoxy) is 1. The number of hydrogen-bond donors (Lipinski definition) is 1. The van der Waals surface area contributed by atoms with Gasteiger partial charge in [0.2, 0.25) is 5.91 Å². The van der Waals surface area contributed by atoms with E-state index in [0.29, 0.717) is 25.0 Å². The third-order valence-corrected chi connectivity index (χ3v) is 5.42. The van der Waals surface area contributed by atoms with Gasteiger partial charge in [-0.25, -0.2) is 4.39 Å². The number of carbonyl (C=O) groups excluding carboxylic acids is 1. The SMILES string of the molecule is O=C(C1CCOCC1)N1CCC(c2cc3cc(F)ccc3[nH]2)CC1. The number of likely N-dealkylation sites (tertiary alicyclic amines) is 1. The number of benzene rings is 1. The third-order valence-electron chi connectivity index (χ3n) is 5.42. The Labute approximate surface area is 141 Å². The van der Waals surface area contributed by atoms with E-state index >= 15 is 0 Å². The van der Waals surface area contributed by atoms with Gasteiger partial charge in [0.1, 0.15) is 5.82 Å². The Hall–Kier alpha value is -1.88. The summed E-state index contributed by atoms with van der Waals surface area (Å²) < 4.78 is 18.7. The molecule has 1 N–H and O–H groups in total. The zero-order chi connectivity index (χ0) is 16.5. The number of hydrogen-bond acceptors (Lipinski definition) is 2. The molecule has 1 amide bonds. The van der Waals surface area contributed by atoms with E-state index in [2.05, 4.69) is 11.1 Å². The smallest absolute Gasteiger partial charge is 0.225 e. The first-order chi connectivity index (χ1) is 11.7. The van der Waals surface area contributed by atoms with E-state index in [0.717, 1.165) is 55.4 Å². The Balaban J connectivity index is 1.40. The molecular weight excluding hydrogens is 307 g/mol. The van der Waals surface area contributed by atoms with Crippen molar-refractivity contribution in [3.8, 4) is 0 Å². The molecule has 4 nitrogen and oxygen atoms in total. The quantitative estimate of drug-likeness (QED) is 0.917. The third kappa shape index (κ3) is 3.05. The summed E-state index contributed by atoms with van der Waals surface area (Å²) in [5, 5.41) is 0.922. The van der Waals surface area contributed by atoms with Gasteiger partial charge in [0.15, 0.2) is 0 Å². The molecule has 2 fully saturated rings. The minimum atomic E-state index is -0.204. The van der Waals surface area contributed by atoms with Crippen molar-refractivity contribution in [3.63, 3.8) is 0 Å². The maximum Gasteiger partial charge on any atom is 0.225 e. The van der Waals surface area contributed by atoms with Crippen LogP contribution in [0.15, 0.2) is 24.3 Å². The van der Waals surface area contributed by atoms with Gasteiger partial charge in [-0.05, 0) is 49.9 Å². The molecule has 0 atom stereocenters. The standard InChI is InChI=1S/C19H23FN2O2/c20-16-1-2-17-15(11-16)12-18(21-17)13-3-7-22(8-4-13)19(23)14-5-9-24-10-6-14/h1-2,11-14,21H,3-10H2. The summed E-state index contributed by atoms with van der Waals surface area (Å²) in [6.07, 6.45) is 3.63. The van der Waals surface area contributed by atoms with Crippen molar-refractivity contribution in [3.05, 3.63) is 35.8 Å². The second-order valence-electron chi connectivity index (χ2n) is 6.94. The van der Waals surface area contributed by atoms with E-state index in [1.165, 1.54) is 6.07 Å². The van der Waals surface area contributed by atoms with Gasteiger partial charge in [-0.3, -0.25) is 4.79 Å². The number of halogens is 1. The van der Waals surface area contributed by atoms with Crippen molar-refractivity contribution in [2.75, 3.05) is 26.3 Å². The molecule has 5 heteroatoms. The van der Waals surface area contributed by atoms with E-state index in [-0.39, 0.29) is 11.7 Å². The van der Waals surface area contributed by atoms with Crippen LogP contribution in [-0.4, -0.2) is 42.1 Å². The van der Waals surface area contributed by atoms with Gasteiger partial charge in [0, 0.05) is 54.7 Å². The van der Waals surface area contributed by atoms with Crippen LogP contribution >= 0.6 is 0 Å². The second kappa shape index (κ2) is 6.55. The van der Waals surface area contributed by atoms with Crippen LogP contribution in [0.5, 0.6) is 0 Å². The zero-order valence-electron chi connectivity index (χ0n) is 13.8. The molecule has 0 saturated carbocycles. The van der Waals surface area contributed by atoms with Crippen LogP contribution < -0.4 is 0 Å². The minimum absolute atomic E-state index is 0.145. The Bertz CT molecular complexity index is 728. The van der Waals surface area contributed by atoms with Crippen LogP contribution in [0.25, 0.3) is 10.9 Å². The van der Waals surface area contributed by atoms with Gasteiger partial charge in [0.25, 0.3) is 0 Å². The number of fused-ring (bicyclic) bond motifs is 1. The molecule has 2 saturated heterocycles. The van der Waals surface area contributed by atoms with Crippen molar-refractivity contribution in [2.24, 2.45) is 5.92 Å². The van der Waals surface area contributed by atoms with Crippen LogP contribution in [0.4, 0.5) is 4.39 Å². The molecule has 0 bridgehead atoms. The molecule has 0 unspecified atom stereocenters. The normalized spacial score (nSPS) is 20.6. The highest BCUT2D eigenvalue weighted by Crippen LogP contribution is 2.31. The molecule has 2 aromatic rings. The fraction of sp³-hybridized carbons (Fsp3) is 0.526. The van der Waals surface area contributed by atoms with Gasteiger partial charge < -0.3 is 14.6 Å². The number of amides is 1. The summed E-state index contributed by atoms with van der Waals surface area (Å²) in [6, 6.07) is 6.90. The van der Waals surface area contributed by atoms with Crippen molar-refractivity contribution >= 4 is 16.8 Å². The van der Waals surface area contributed by atoms with Crippen molar-refractivity contribution in [1.82, 2.24) is 9.88 Å². The van der Waals surface area contributed by atoms with Crippen LogP contribution in [-0.2, 0) is 9.53 Å². The van der Waals surface area contributed by atoms with Crippen molar-refractivity contribution in [2.45, 2.75) is 31.6 Å². The molecule has 1 aromatic heterocycles. The van der Waals surface area contributed by atoms with Crippen molar-refractivity contribution in [1.29, 1.82) is 0 Å². The molecule has 0 radical (unpaired) electrons. The molecule has 2 aliphatic rings. The van der Waals surface area contributed by atoms with Gasteiger partial charge >= 0.3 is 0 Å². The maximum absolute atomic E-state index is 13.3. The summed E-state index contributed by atoms with van der Waals surface area (Å²) in [6.45, 7) is 3.03. The Morgan fingerprint density at radius 3 is 2.62 bits per heavy atom. The number of nitrogens with one attached hydrogen (secondary N) is 1. The highest BCUT2D eigenvalue weighted by molar-refractivity contribution is 5.81. The Morgan fingerprint density at radius 1 is 1.12 bits per heavy atom. The van der Waals surface area contributed by atoms with Crippen LogP contribution in [0.3, 0.4) is 0 Å². The minimum Gasteiger partial charge on any atom is -0.381 e. The lowest BCUT2D eigenvalue weighted by atomic mass is 9.91. The predicted molar refractivity (Wildman–Crippen MR) is 90.4 cm³/mol. The molecule has 4 rings (SSSR count). The number of rotatable bonds is 2. The highest BCUT2D eigenvalue weighted by atomic mass is 19.1. The summed E-state index contributed by atoms with van der Waals surface area (Å²) in [5.41, 5.74) is 2.14. The number of aromatic nitrogens is 1. The van der Waals surface area contributed by atoms with E-state index in [1.807, 2.05) is 4.90 Å². The monoisotopic (exact) mass is 330 g/mol. The topological polar surface area (TPSA) is 45.3 Å². The predicted octanol–water partition coefficient (Wildman–Crippen LogP) is 3.44. The summed E-state index contributed by atoms with van der Waals surface area (Å²) in [7, 11) is 0. The molecule has 128 valence electrons. The Morgan fingerprint density at radius 2 is 1.88 bits per heavy atom. The number of aromatic amines is 1. The van der Waals surface area contributed by atoms with Crippen molar-refractivity contribution < 1.29 is 13.9 Å². The first-order valence-corrected chi connectivity index (χ1v) is 8.85. The zero-order valence-corrected chi connectivity index (χ0v) is 13.8. The lowest BCUT2D eigenvalue weighted by molar-refractivity contribution is -0.139. The van der Waals surface area contributed by atoms with Crippen LogP contribution in [0.2, 0.25) is 0 Å². The largest absolute Gasteiger partial charge is 0.381 e. The summed E-state index contributed by atoms with van der Waals surface area (Å²) in [4.78, 5) is 18.0. The molecule has 2 aliphatic heterocycles. The molecule has 0 spiro atoms. The van der Waals surface area contributed by atoms with Gasteiger partial charge in [-0.2, -0.15) is 0 Å². The number of piperidine rings is 1. The summed E-state index contributed by atoms with van der Waals surface area (Å²) in [5.74, 6) is 0.658. The molecule has 1 aromatic carbocycles. The molecule has 3 heterocycles. The molecule has 24 heavy (non-hydrogen) atoms. The fourth-order valence-corrected chi connectivity index (χ4v) is 3.96. The van der Waals surface area contributed by atoms with Gasteiger partial charge in [-0.1, -0.05) is 0 Å². The summed E-state index contributed by atoms with van der Waals surface area (Å²) >= 11 is 0. The number of nitrogens with zero attached hydrogens (tertiary/aromatic N) is 1. The van der Waals surface area contributed by atoms with E-state index in [9.17, 15) is 9.18 Å². The highest BCUT2D eigenvalue weighted by Gasteiger charge is 2.30.